The fourth-order valence-electron chi connectivity index (χ4n) is 6.06. The molecule has 3 heterocycles. The second kappa shape index (κ2) is 13.0. The SMILES string of the molecule is CC(=O)[C@H](Cc1ccc(-c2c(C)c(C(F)(F)F)cn(C)c2=O)c2c1COC2)NC(=O)c1c(F)cc(N2CCOC[C@@H]2C(F)(F)F)cc1F. The molecule has 258 valence electrons. The van der Waals surface area contributed by atoms with E-state index >= 15 is 8.78 Å². The molecule has 1 aromatic heterocycles. The van der Waals surface area contributed by atoms with Crippen molar-refractivity contribution >= 4 is 17.4 Å². The van der Waals surface area contributed by atoms with Crippen LogP contribution in [0.5, 0.6) is 0 Å². The molecular weight excluding hydrogens is 658 g/mol. The Morgan fingerprint density at radius 1 is 1.02 bits per heavy atom. The monoisotopic (exact) mass is 687 g/mol. The lowest BCUT2D eigenvalue weighted by atomic mass is 9.88. The number of nitrogens with one attached hydrogen (secondary N) is 1. The van der Waals surface area contributed by atoms with E-state index in [1.807, 2.05) is 0 Å². The first-order valence-corrected chi connectivity index (χ1v) is 14.6. The average Bonchev–Trinajstić information content (AvgIpc) is 3.49. The van der Waals surface area contributed by atoms with Crippen LogP contribution in [0.3, 0.4) is 0 Å². The Bertz CT molecular complexity index is 1810. The van der Waals surface area contributed by atoms with Gasteiger partial charge in [-0.1, -0.05) is 12.1 Å². The first kappa shape index (κ1) is 35.0. The maximum atomic E-state index is 15.2. The van der Waals surface area contributed by atoms with Crippen LogP contribution >= 0.6 is 0 Å². The number of aryl methyl sites for hydroxylation is 1. The van der Waals surface area contributed by atoms with Crippen molar-refractivity contribution in [3.05, 3.63) is 85.8 Å². The van der Waals surface area contributed by atoms with Crippen molar-refractivity contribution in [2.75, 3.05) is 24.7 Å². The van der Waals surface area contributed by atoms with Gasteiger partial charge in [-0.15, -0.1) is 0 Å². The van der Waals surface area contributed by atoms with Gasteiger partial charge in [-0.3, -0.25) is 14.4 Å². The Hall–Kier alpha value is -4.31. The predicted octanol–water partition coefficient (Wildman–Crippen LogP) is 5.39. The highest BCUT2D eigenvalue weighted by molar-refractivity contribution is 5.98. The molecule has 0 radical (unpaired) electrons. The minimum absolute atomic E-state index is 0.0272. The molecule has 48 heavy (non-hydrogen) atoms. The maximum Gasteiger partial charge on any atom is 0.418 e. The van der Waals surface area contributed by atoms with Gasteiger partial charge < -0.3 is 24.3 Å². The maximum absolute atomic E-state index is 15.2. The zero-order valence-electron chi connectivity index (χ0n) is 25.7. The Morgan fingerprint density at radius 2 is 1.67 bits per heavy atom. The van der Waals surface area contributed by atoms with Crippen molar-refractivity contribution in [3.63, 3.8) is 0 Å². The summed E-state index contributed by atoms with van der Waals surface area (Å²) >= 11 is 0. The molecule has 3 aromatic rings. The summed E-state index contributed by atoms with van der Waals surface area (Å²) in [4.78, 5) is 39.5. The molecule has 2 aliphatic rings. The molecule has 5 rings (SSSR count). The molecule has 0 bridgehead atoms. The van der Waals surface area contributed by atoms with Crippen LogP contribution in [-0.2, 0) is 47.1 Å². The molecule has 2 aliphatic heterocycles. The second-order valence-corrected chi connectivity index (χ2v) is 11.6. The summed E-state index contributed by atoms with van der Waals surface area (Å²) in [6.45, 7) is 1.05. The number of ketones is 1. The van der Waals surface area contributed by atoms with Crippen LogP contribution in [0, 0.1) is 18.6 Å². The molecular formula is C32H29F8N3O5. The average molecular weight is 688 g/mol. The van der Waals surface area contributed by atoms with Gasteiger partial charge in [0.25, 0.3) is 11.5 Å². The van der Waals surface area contributed by atoms with Crippen LogP contribution in [-0.4, -0.2) is 54.3 Å². The number of alkyl halides is 6. The van der Waals surface area contributed by atoms with E-state index < -0.39 is 76.7 Å². The lowest BCUT2D eigenvalue weighted by Crippen LogP contribution is -2.53. The topological polar surface area (TPSA) is 89.9 Å². The summed E-state index contributed by atoms with van der Waals surface area (Å²) < 4.78 is 123. The van der Waals surface area contributed by atoms with Crippen LogP contribution in [0.2, 0.25) is 0 Å². The highest BCUT2D eigenvalue weighted by Gasteiger charge is 2.46. The number of pyridine rings is 1. The fourth-order valence-corrected chi connectivity index (χ4v) is 6.06. The summed E-state index contributed by atoms with van der Waals surface area (Å²) in [6.07, 6.45) is -8.99. The number of rotatable bonds is 7. The van der Waals surface area contributed by atoms with Crippen molar-refractivity contribution in [2.24, 2.45) is 7.05 Å². The van der Waals surface area contributed by atoms with E-state index in [2.05, 4.69) is 5.32 Å². The Kier molecular flexibility index (Phi) is 9.45. The highest BCUT2D eigenvalue weighted by atomic mass is 19.4. The van der Waals surface area contributed by atoms with Gasteiger partial charge in [-0.25, -0.2) is 8.78 Å². The molecule has 1 fully saturated rings. The first-order chi connectivity index (χ1) is 22.4. The van der Waals surface area contributed by atoms with Crippen LogP contribution in [0.25, 0.3) is 11.1 Å². The van der Waals surface area contributed by atoms with Crippen molar-refractivity contribution in [3.8, 4) is 11.1 Å². The van der Waals surface area contributed by atoms with Gasteiger partial charge in [-0.2, -0.15) is 26.3 Å². The fraction of sp³-hybridized carbons (Fsp3) is 0.406. The first-order valence-electron chi connectivity index (χ1n) is 14.6. The zero-order valence-corrected chi connectivity index (χ0v) is 25.7. The van der Waals surface area contributed by atoms with Gasteiger partial charge in [0.1, 0.15) is 23.2 Å². The Balaban J connectivity index is 1.44. The number of hydrogen-bond donors (Lipinski definition) is 1. The number of ether oxygens (including phenoxy) is 2. The van der Waals surface area contributed by atoms with Gasteiger partial charge in [-0.05, 0) is 53.8 Å². The minimum Gasteiger partial charge on any atom is -0.377 e. The van der Waals surface area contributed by atoms with Gasteiger partial charge >= 0.3 is 12.4 Å². The zero-order chi connectivity index (χ0) is 35.3. The summed E-state index contributed by atoms with van der Waals surface area (Å²) in [6, 6.07) is 0.595. The van der Waals surface area contributed by atoms with Crippen molar-refractivity contribution in [1.29, 1.82) is 0 Å². The molecule has 1 N–H and O–H groups in total. The number of nitrogens with zero attached hydrogens (tertiary/aromatic N) is 2. The van der Waals surface area contributed by atoms with E-state index in [4.69, 9.17) is 9.47 Å². The number of amides is 1. The summed E-state index contributed by atoms with van der Waals surface area (Å²) in [5.74, 6) is -4.84. The molecule has 0 spiro atoms. The number of carbonyl (C=O) groups excluding carboxylic acids is 2. The van der Waals surface area contributed by atoms with Crippen LogP contribution in [0.1, 0.15) is 45.1 Å². The standard InChI is InChI=1S/C32H29F8N3O5/c1-15-22(31(35,36)37)11-42(3)30(46)27(15)19-5-4-17(20-12-48-13-21(19)20)8-25(16(2)44)41-29(45)28-23(33)9-18(10-24(28)34)43-6-7-47-14-26(43)32(38,39)40/h4-5,9-11,25-26H,6-8,12-14H2,1-3H3,(H,41,45)/t25-,26+/m0/s1. The molecule has 16 heteroatoms. The third-order valence-electron chi connectivity index (χ3n) is 8.54. The van der Waals surface area contributed by atoms with E-state index in [0.717, 1.165) is 16.4 Å². The quantitative estimate of drug-likeness (QED) is 0.336. The molecule has 0 saturated carbocycles. The summed E-state index contributed by atoms with van der Waals surface area (Å²) in [5.41, 5.74) is -2.16. The lowest BCUT2D eigenvalue weighted by Gasteiger charge is -2.38. The number of aromatic nitrogens is 1. The van der Waals surface area contributed by atoms with Gasteiger partial charge in [0.15, 0.2) is 5.78 Å². The lowest BCUT2D eigenvalue weighted by molar-refractivity contribution is -0.167. The number of anilines is 1. The van der Waals surface area contributed by atoms with Crippen molar-refractivity contribution in [1.82, 2.24) is 9.88 Å². The van der Waals surface area contributed by atoms with E-state index in [1.54, 1.807) is 0 Å². The van der Waals surface area contributed by atoms with E-state index in [1.165, 1.54) is 26.1 Å². The molecule has 1 amide bonds. The van der Waals surface area contributed by atoms with E-state index in [-0.39, 0.29) is 49.5 Å². The van der Waals surface area contributed by atoms with Crippen LogP contribution in [0.4, 0.5) is 40.8 Å². The number of Topliss-reactive ketones (excluding diaryl/α,β-unsaturated/α-hetero) is 1. The van der Waals surface area contributed by atoms with Crippen molar-refractivity contribution in [2.45, 2.75) is 57.9 Å². The number of benzene rings is 2. The third-order valence-corrected chi connectivity index (χ3v) is 8.54. The van der Waals surface area contributed by atoms with Gasteiger partial charge in [0.2, 0.25) is 0 Å². The molecule has 2 atom stereocenters. The molecule has 1 saturated heterocycles. The molecule has 0 unspecified atom stereocenters. The van der Waals surface area contributed by atoms with Crippen LogP contribution in [0.15, 0.2) is 35.3 Å². The van der Waals surface area contributed by atoms with Crippen molar-refractivity contribution < 1.29 is 54.2 Å². The van der Waals surface area contributed by atoms with Gasteiger partial charge in [0, 0.05) is 31.9 Å². The molecule has 0 aliphatic carbocycles. The van der Waals surface area contributed by atoms with E-state index in [0.29, 0.717) is 35.0 Å². The highest BCUT2D eigenvalue weighted by Crippen LogP contribution is 2.39. The summed E-state index contributed by atoms with van der Waals surface area (Å²) in [5, 5.41) is 2.28. The molecule has 2 aromatic carbocycles. The number of hydrogen-bond acceptors (Lipinski definition) is 6. The summed E-state index contributed by atoms with van der Waals surface area (Å²) in [7, 11) is 1.20. The predicted molar refractivity (Wildman–Crippen MR) is 155 cm³/mol. The number of morpholine rings is 1. The number of fused-ring (bicyclic) bond motifs is 1. The van der Waals surface area contributed by atoms with Gasteiger partial charge in [0.05, 0.1) is 43.6 Å². The van der Waals surface area contributed by atoms with E-state index in [9.17, 15) is 40.7 Å². The number of carbonyl (C=O) groups is 2. The Labute approximate surface area is 268 Å². The Morgan fingerprint density at radius 3 is 2.27 bits per heavy atom. The molecule has 8 nitrogen and oxygen atoms in total. The van der Waals surface area contributed by atoms with Crippen LogP contribution < -0.4 is 15.8 Å². The number of halogens is 8. The smallest absolute Gasteiger partial charge is 0.377 e. The third kappa shape index (κ3) is 6.67. The largest absolute Gasteiger partial charge is 0.418 e. The normalized spacial score (nSPS) is 17.3. The minimum atomic E-state index is -4.76. The second-order valence-electron chi connectivity index (χ2n) is 11.6.